The lowest BCUT2D eigenvalue weighted by molar-refractivity contribution is 0.000418. The SMILES string of the molecule is O=C(Nc1ccnnc1)N1CCC(C(F)(F)S(=O)(=O)c2ccccc2-n2cncn2)CC1. The molecule has 168 valence electrons. The van der Waals surface area contributed by atoms with Crippen molar-refractivity contribution in [3.63, 3.8) is 0 Å². The number of amides is 2. The Labute approximate surface area is 182 Å². The number of rotatable bonds is 5. The van der Waals surface area contributed by atoms with Crippen LogP contribution in [-0.2, 0) is 9.84 Å². The molecular weight excluding hydrogens is 444 g/mol. The van der Waals surface area contributed by atoms with Crippen molar-refractivity contribution in [2.75, 3.05) is 18.4 Å². The Balaban J connectivity index is 1.49. The molecule has 0 atom stereocenters. The standard InChI is InChI=1S/C19H19F2N7O3S/c20-19(21,32(30,31)17-4-2-1-3-16(17)28-13-22-12-25-28)14-6-9-27(10-7-14)18(29)26-15-5-8-23-24-11-15/h1-5,8,11-14H,6-7,9-10H2,(H,23,26,29). The number of hydrogen-bond donors (Lipinski definition) is 1. The van der Waals surface area contributed by atoms with Crippen molar-refractivity contribution in [3.8, 4) is 5.69 Å². The predicted octanol–water partition coefficient (Wildman–Crippen LogP) is 2.37. The summed E-state index contributed by atoms with van der Waals surface area (Å²) < 4.78 is 57.7. The fourth-order valence-corrected chi connectivity index (χ4v) is 5.22. The number of alkyl halides is 2. The van der Waals surface area contributed by atoms with Gasteiger partial charge in [0.15, 0.2) is 0 Å². The van der Waals surface area contributed by atoms with Gasteiger partial charge < -0.3 is 10.2 Å². The lowest BCUT2D eigenvalue weighted by Crippen LogP contribution is -2.47. The Morgan fingerprint density at radius 1 is 1.12 bits per heavy atom. The second-order valence-electron chi connectivity index (χ2n) is 7.20. The molecule has 10 nitrogen and oxygen atoms in total. The van der Waals surface area contributed by atoms with Crippen LogP contribution >= 0.6 is 0 Å². The van der Waals surface area contributed by atoms with Gasteiger partial charge in [0.2, 0.25) is 9.84 Å². The Hall–Kier alpha value is -3.48. The third-order valence-electron chi connectivity index (χ3n) is 5.27. The number of urea groups is 1. The molecule has 1 aliphatic rings. The van der Waals surface area contributed by atoms with Gasteiger partial charge in [-0.3, -0.25) is 0 Å². The largest absolute Gasteiger partial charge is 0.353 e. The summed E-state index contributed by atoms with van der Waals surface area (Å²) in [7, 11) is -5.04. The molecule has 2 amide bonds. The molecule has 0 spiro atoms. The van der Waals surface area contributed by atoms with Crippen molar-refractivity contribution in [2.45, 2.75) is 23.0 Å². The zero-order chi connectivity index (χ0) is 22.8. The lowest BCUT2D eigenvalue weighted by atomic mass is 9.97. The first-order chi connectivity index (χ1) is 15.3. The van der Waals surface area contributed by atoms with Gasteiger partial charge in [0, 0.05) is 19.0 Å². The van der Waals surface area contributed by atoms with Crippen molar-refractivity contribution < 1.29 is 22.0 Å². The maximum absolute atomic E-state index is 15.3. The Bertz CT molecular complexity index is 1180. The molecule has 0 unspecified atom stereocenters. The maximum atomic E-state index is 15.3. The average Bonchev–Trinajstić information content (AvgIpc) is 3.34. The number of nitrogens with zero attached hydrogens (tertiary/aromatic N) is 6. The maximum Gasteiger partial charge on any atom is 0.353 e. The van der Waals surface area contributed by atoms with E-state index < -0.39 is 31.9 Å². The van der Waals surface area contributed by atoms with Gasteiger partial charge in [-0.05, 0) is 31.0 Å². The number of likely N-dealkylation sites (tertiary alicyclic amines) is 1. The number of para-hydroxylation sites is 1. The van der Waals surface area contributed by atoms with Crippen LogP contribution in [0.3, 0.4) is 0 Å². The summed E-state index contributed by atoms with van der Waals surface area (Å²) >= 11 is 0. The van der Waals surface area contributed by atoms with E-state index in [1.165, 1.54) is 48.1 Å². The topological polar surface area (TPSA) is 123 Å². The fourth-order valence-electron chi connectivity index (χ4n) is 3.56. The molecule has 4 rings (SSSR count). The molecule has 3 heterocycles. The van der Waals surface area contributed by atoms with E-state index in [9.17, 15) is 13.2 Å². The van der Waals surface area contributed by atoms with E-state index in [0.29, 0.717) is 5.69 Å². The molecule has 1 aromatic carbocycles. The van der Waals surface area contributed by atoms with E-state index in [1.54, 1.807) is 6.07 Å². The third-order valence-corrected chi connectivity index (χ3v) is 7.25. The summed E-state index contributed by atoms with van der Waals surface area (Å²) in [6.07, 6.45) is 4.86. The highest BCUT2D eigenvalue weighted by molar-refractivity contribution is 7.92. The number of nitrogens with one attached hydrogen (secondary N) is 1. The van der Waals surface area contributed by atoms with E-state index in [4.69, 9.17) is 0 Å². The van der Waals surface area contributed by atoms with Crippen LogP contribution in [0.2, 0.25) is 0 Å². The highest BCUT2D eigenvalue weighted by Gasteiger charge is 2.54. The minimum Gasteiger partial charge on any atom is -0.325 e. The van der Waals surface area contributed by atoms with Gasteiger partial charge >= 0.3 is 11.3 Å². The molecule has 0 bridgehead atoms. The summed E-state index contributed by atoms with van der Waals surface area (Å²) in [5.41, 5.74) is 0.414. The van der Waals surface area contributed by atoms with E-state index in [2.05, 4.69) is 25.6 Å². The molecule has 0 saturated carbocycles. The Morgan fingerprint density at radius 3 is 2.53 bits per heavy atom. The van der Waals surface area contributed by atoms with Gasteiger partial charge in [-0.2, -0.15) is 24.1 Å². The second-order valence-corrected chi connectivity index (χ2v) is 9.19. The highest BCUT2D eigenvalue weighted by atomic mass is 32.2. The summed E-state index contributed by atoms with van der Waals surface area (Å²) in [6.45, 7) is -0.0182. The number of halogens is 2. The van der Waals surface area contributed by atoms with Crippen LogP contribution in [-0.4, -0.2) is 62.7 Å². The molecule has 1 fully saturated rings. The van der Waals surface area contributed by atoms with Crippen molar-refractivity contribution >= 4 is 21.6 Å². The number of carbonyl (C=O) groups is 1. The van der Waals surface area contributed by atoms with Gasteiger partial charge in [-0.15, -0.1) is 0 Å². The van der Waals surface area contributed by atoms with Crippen LogP contribution in [0.1, 0.15) is 12.8 Å². The van der Waals surface area contributed by atoms with Crippen LogP contribution in [0.4, 0.5) is 19.3 Å². The lowest BCUT2D eigenvalue weighted by Gasteiger charge is -2.35. The summed E-state index contributed by atoms with van der Waals surface area (Å²) in [5.74, 6) is -1.44. The molecule has 0 aliphatic carbocycles. The molecule has 32 heavy (non-hydrogen) atoms. The van der Waals surface area contributed by atoms with Crippen molar-refractivity contribution in [3.05, 3.63) is 55.4 Å². The first kappa shape index (κ1) is 21.7. The van der Waals surface area contributed by atoms with E-state index >= 15 is 8.78 Å². The smallest absolute Gasteiger partial charge is 0.325 e. The normalized spacial score (nSPS) is 15.5. The Kier molecular flexibility index (Phi) is 5.82. The first-order valence-electron chi connectivity index (χ1n) is 9.70. The fraction of sp³-hybridized carbons (Fsp3) is 0.316. The number of anilines is 1. The van der Waals surface area contributed by atoms with Crippen LogP contribution in [0.5, 0.6) is 0 Å². The minimum absolute atomic E-state index is 0.00699. The molecular formula is C19H19F2N7O3S. The van der Waals surface area contributed by atoms with Gasteiger partial charge in [0.1, 0.15) is 12.7 Å². The van der Waals surface area contributed by atoms with E-state index in [-0.39, 0.29) is 31.6 Å². The van der Waals surface area contributed by atoms with Crippen LogP contribution in [0.25, 0.3) is 5.69 Å². The van der Waals surface area contributed by atoms with Crippen LogP contribution < -0.4 is 5.32 Å². The highest BCUT2D eigenvalue weighted by Crippen LogP contribution is 2.42. The van der Waals surface area contributed by atoms with Gasteiger partial charge in [0.25, 0.3) is 0 Å². The number of aromatic nitrogens is 5. The monoisotopic (exact) mass is 463 g/mol. The Morgan fingerprint density at radius 2 is 1.88 bits per heavy atom. The average molecular weight is 463 g/mol. The molecule has 2 aromatic heterocycles. The van der Waals surface area contributed by atoms with E-state index in [1.807, 2.05) is 0 Å². The first-order valence-corrected chi connectivity index (χ1v) is 11.2. The summed E-state index contributed by atoms with van der Waals surface area (Å²) in [6, 6.07) is 6.50. The zero-order valence-corrected chi connectivity index (χ0v) is 17.5. The third kappa shape index (κ3) is 4.02. The number of piperidine rings is 1. The molecule has 1 N–H and O–H groups in total. The van der Waals surface area contributed by atoms with Gasteiger partial charge in [-0.25, -0.2) is 22.9 Å². The number of benzene rings is 1. The van der Waals surface area contributed by atoms with Gasteiger partial charge in [0.05, 0.1) is 28.7 Å². The minimum atomic E-state index is -5.04. The summed E-state index contributed by atoms with van der Waals surface area (Å²) in [5, 5.41) is 9.69. The van der Waals surface area contributed by atoms with Crippen molar-refractivity contribution in [1.29, 1.82) is 0 Å². The predicted molar refractivity (Wildman–Crippen MR) is 109 cm³/mol. The molecule has 13 heteroatoms. The quantitative estimate of drug-likeness (QED) is 0.616. The zero-order valence-electron chi connectivity index (χ0n) is 16.7. The van der Waals surface area contributed by atoms with Crippen molar-refractivity contribution in [1.82, 2.24) is 29.9 Å². The number of carbonyl (C=O) groups excluding carboxylic acids is 1. The van der Waals surface area contributed by atoms with Crippen molar-refractivity contribution in [2.24, 2.45) is 5.92 Å². The number of sulfone groups is 1. The molecule has 1 saturated heterocycles. The van der Waals surface area contributed by atoms with Gasteiger partial charge in [-0.1, -0.05) is 12.1 Å². The van der Waals surface area contributed by atoms with Crippen LogP contribution in [0, 0.1) is 5.92 Å². The molecule has 1 aliphatic heterocycles. The molecule has 0 radical (unpaired) electrons. The second kappa shape index (κ2) is 8.57. The molecule has 3 aromatic rings. The van der Waals surface area contributed by atoms with E-state index in [0.717, 1.165) is 10.7 Å². The van der Waals surface area contributed by atoms with Crippen LogP contribution in [0.15, 0.2) is 60.3 Å². The number of hydrogen-bond acceptors (Lipinski definition) is 7. The summed E-state index contributed by atoms with van der Waals surface area (Å²) in [4.78, 5) is 16.9.